The van der Waals surface area contributed by atoms with Crippen LogP contribution in [-0.2, 0) is 4.79 Å². The minimum atomic E-state index is 0.0884. The zero-order valence-electron chi connectivity index (χ0n) is 14.0. The quantitative estimate of drug-likeness (QED) is 0.706. The van der Waals surface area contributed by atoms with Gasteiger partial charge in [-0.05, 0) is 31.0 Å². The number of anilines is 1. The minimum Gasteiger partial charge on any atom is -0.326 e. The van der Waals surface area contributed by atoms with E-state index in [1.165, 1.54) is 19.3 Å². The number of hydrogen-bond donors (Lipinski definition) is 1. The van der Waals surface area contributed by atoms with Gasteiger partial charge in [0, 0.05) is 11.6 Å². The van der Waals surface area contributed by atoms with Gasteiger partial charge in [0.2, 0.25) is 5.91 Å². The van der Waals surface area contributed by atoms with Gasteiger partial charge in [-0.25, -0.2) is 0 Å². The van der Waals surface area contributed by atoms with E-state index in [2.05, 4.69) is 29.4 Å². The highest BCUT2D eigenvalue weighted by atomic mass is 16.1. The van der Waals surface area contributed by atoms with Crippen LogP contribution < -0.4 is 5.32 Å². The Hall–Kier alpha value is -2.17. The highest BCUT2D eigenvalue weighted by molar-refractivity contribution is 5.92. The lowest BCUT2D eigenvalue weighted by Gasteiger charge is -2.15. The number of amides is 1. The molecule has 0 saturated heterocycles. The summed E-state index contributed by atoms with van der Waals surface area (Å²) in [5, 5.41) is 10.7. The Morgan fingerprint density at radius 1 is 1.17 bits per heavy atom. The maximum Gasteiger partial charge on any atom is 0.227 e. The maximum absolute atomic E-state index is 12.5. The van der Waals surface area contributed by atoms with E-state index in [0.717, 1.165) is 30.6 Å². The number of nitrogens with one attached hydrogen (secondary N) is 1. The summed E-state index contributed by atoms with van der Waals surface area (Å²) < 4.78 is 1.82. The molecule has 0 spiro atoms. The lowest BCUT2D eigenvalue weighted by atomic mass is 9.97. The number of rotatable bonds is 9. The molecule has 5 heteroatoms. The van der Waals surface area contributed by atoms with Gasteiger partial charge in [-0.15, -0.1) is 10.2 Å². The number of unbranched alkanes of at least 4 members (excludes halogenated alkanes) is 3. The van der Waals surface area contributed by atoms with Crippen molar-refractivity contribution in [2.24, 2.45) is 5.92 Å². The van der Waals surface area contributed by atoms with Crippen LogP contribution in [-0.4, -0.2) is 20.7 Å². The molecule has 1 aromatic carbocycles. The first kappa shape index (κ1) is 17.2. The molecule has 1 unspecified atom stereocenters. The summed E-state index contributed by atoms with van der Waals surface area (Å²) in [5.74, 6) is 0.204. The summed E-state index contributed by atoms with van der Waals surface area (Å²) in [5.41, 5.74) is 1.75. The van der Waals surface area contributed by atoms with Crippen LogP contribution in [0.1, 0.15) is 52.4 Å². The Balaban J connectivity index is 1.94. The molecule has 1 aromatic heterocycles. The molecule has 1 amide bonds. The van der Waals surface area contributed by atoms with Crippen LogP contribution in [0.2, 0.25) is 0 Å². The second-order valence-electron chi connectivity index (χ2n) is 5.86. The second-order valence-corrected chi connectivity index (χ2v) is 5.86. The molecule has 0 aliphatic rings. The molecular weight excluding hydrogens is 288 g/mol. The zero-order chi connectivity index (χ0) is 16.5. The summed E-state index contributed by atoms with van der Waals surface area (Å²) >= 11 is 0. The first-order valence-corrected chi connectivity index (χ1v) is 8.50. The first-order chi connectivity index (χ1) is 11.2. The third-order valence-corrected chi connectivity index (χ3v) is 4.10. The standard InChI is InChI=1S/C18H26N4O/c1-3-5-6-7-9-15(4-2)18(23)21-16-10-8-11-17(12-16)22-13-19-20-14-22/h8,10-15H,3-7,9H2,1-2H3,(H,21,23). The average Bonchev–Trinajstić information content (AvgIpc) is 3.09. The van der Waals surface area contributed by atoms with Crippen molar-refractivity contribution in [1.29, 1.82) is 0 Å². The number of hydrogen-bond acceptors (Lipinski definition) is 3. The summed E-state index contributed by atoms with van der Waals surface area (Å²) in [6.07, 6.45) is 9.94. The van der Waals surface area contributed by atoms with E-state index in [9.17, 15) is 4.79 Å². The van der Waals surface area contributed by atoms with Crippen molar-refractivity contribution >= 4 is 11.6 Å². The average molecular weight is 314 g/mol. The molecule has 1 heterocycles. The predicted molar refractivity (Wildman–Crippen MR) is 92.5 cm³/mol. The summed E-state index contributed by atoms with van der Waals surface area (Å²) in [6, 6.07) is 7.73. The molecule has 2 aromatic rings. The molecule has 0 bridgehead atoms. The number of aromatic nitrogens is 3. The van der Waals surface area contributed by atoms with Crippen molar-refractivity contribution in [2.45, 2.75) is 52.4 Å². The van der Waals surface area contributed by atoms with E-state index >= 15 is 0 Å². The fraction of sp³-hybridized carbons (Fsp3) is 0.500. The third-order valence-electron chi connectivity index (χ3n) is 4.10. The van der Waals surface area contributed by atoms with Crippen LogP contribution in [0.25, 0.3) is 5.69 Å². The van der Waals surface area contributed by atoms with Gasteiger partial charge < -0.3 is 5.32 Å². The molecule has 23 heavy (non-hydrogen) atoms. The van der Waals surface area contributed by atoms with E-state index in [0.29, 0.717) is 0 Å². The Labute approximate surface area is 138 Å². The predicted octanol–water partition coefficient (Wildman–Crippen LogP) is 4.20. The van der Waals surface area contributed by atoms with E-state index in [-0.39, 0.29) is 11.8 Å². The van der Waals surface area contributed by atoms with Crippen molar-refractivity contribution in [3.63, 3.8) is 0 Å². The van der Waals surface area contributed by atoms with Crippen molar-refractivity contribution in [3.05, 3.63) is 36.9 Å². The van der Waals surface area contributed by atoms with Gasteiger partial charge in [-0.1, -0.05) is 45.6 Å². The highest BCUT2D eigenvalue weighted by Crippen LogP contribution is 2.19. The zero-order valence-corrected chi connectivity index (χ0v) is 14.0. The molecule has 0 fully saturated rings. The largest absolute Gasteiger partial charge is 0.326 e. The molecular formula is C18H26N4O. The van der Waals surface area contributed by atoms with Crippen LogP contribution >= 0.6 is 0 Å². The lowest BCUT2D eigenvalue weighted by Crippen LogP contribution is -2.22. The smallest absolute Gasteiger partial charge is 0.227 e. The van der Waals surface area contributed by atoms with Crippen LogP contribution in [0.4, 0.5) is 5.69 Å². The third kappa shape index (κ3) is 5.20. The van der Waals surface area contributed by atoms with Gasteiger partial charge in [0.15, 0.2) is 0 Å². The molecule has 0 radical (unpaired) electrons. The van der Waals surface area contributed by atoms with E-state index in [1.807, 2.05) is 28.8 Å². The van der Waals surface area contributed by atoms with Crippen LogP contribution in [0.3, 0.4) is 0 Å². The van der Waals surface area contributed by atoms with Gasteiger partial charge in [0.1, 0.15) is 12.7 Å². The summed E-state index contributed by atoms with van der Waals surface area (Å²) in [4.78, 5) is 12.5. The van der Waals surface area contributed by atoms with Gasteiger partial charge in [-0.3, -0.25) is 9.36 Å². The molecule has 124 valence electrons. The van der Waals surface area contributed by atoms with Gasteiger partial charge >= 0.3 is 0 Å². The lowest BCUT2D eigenvalue weighted by molar-refractivity contribution is -0.120. The Kier molecular flexibility index (Phi) is 6.78. The van der Waals surface area contributed by atoms with Crippen molar-refractivity contribution in [2.75, 3.05) is 5.32 Å². The Morgan fingerprint density at radius 3 is 2.65 bits per heavy atom. The summed E-state index contributed by atoms with van der Waals surface area (Å²) in [7, 11) is 0. The van der Waals surface area contributed by atoms with Gasteiger partial charge in [0.05, 0.1) is 5.69 Å². The molecule has 0 aliphatic carbocycles. The van der Waals surface area contributed by atoms with E-state index < -0.39 is 0 Å². The molecule has 5 nitrogen and oxygen atoms in total. The normalized spacial score (nSPS) is 12.1. The van der Waals surface area contributed by atoms with Crippen LogP contribution in [0.15, 0.2) is 36.9 Å². The van der Waals surface area contributed by atoms with Crippen molar-refractivity contribution in [3.8, 4) is 5.69 Å². The fourth-order valence-corrected chi connectivity index (χ4v) is 2.66. The van der Waals surface area contributed by atoms with Crippen molar-refractivity contribution in [1.82, 2.24) is 14.8 Å². The molecule has 0 saturated carbocycles. The monoisotopic (exact) mass is 314 g/mol. The first-order valence-electron chi connectivity index (χ1n) is 8.50. The topological polar surface area (TPSA) is 59.8 Å². The Morgan fingerprint density at radius 2 is 1.96 bits per heavy atom. The second kappa shape index (κ2) is 9.08. The minimum absolute atomic E-state index is 0.0884. The van der Waals surface area contributed by atoms with E-state index in [4.69, 9.17) is 0 Å². The maximum atomic E-state index is 12.5. The fourth-order valence-electron chi connectivity index (χ4n) is 2.66. The Bertz CT molecular complexity index is 595. The molecule has 0 aliphatic heterocycles. The number of carbonyl (C=O) groups excluding carboxylic acids is 1. The van der Waals surface area contributed by atoms with E-state index in [1.54, 1.807) is 12.7 Å². The van der Waals surface area contributed by atoms with Crippen LogP contribution in [0.5, 0.6) is 0 Å². The number of carbonyl (C=O) groups is 1. The highest BCUT2D eigenvalue weighted by Gasteiger charge is 2.16. The number of benzene rings is 1. The van der Waals surface area contributed by atoms with Crippen molar-refractivity contribution < 1.29 is 4.79 Å². The van der Waals surface area contributed by atoms with Crippen LogP contribution in [0, 0.1) is 5.92 Å². The summed E-state index contributed by atoms with van der Waals surface area (Å²) in [6.45, 7) is 4.28. The molecule has 2 rings (SSSR count). The molecule has 1 N–H and O–H groups in total. The SMILES string of the molecule is CCCCCCC(CC)C(=O)Nc1cccc(-n2cnnc2)c1. The molecule has 1 atom stereocenters. The number of nitrogens with zero attached hydrogens (tertiary/aromatic N) is 3. The van der Waals surface area contributed by atoms with Gasteiger partial charge in [0.25, 0.3) is 0 Å². The van der Waals surface area contributed by atoms with Gasteiger partial charge in [-0.2, -0.15) is 0 Å².